The zero-order valence-electron chi connectivity index (χ0n) is 16.1. The molecule has 0 spiro atoms. The van der Waals surface area contributed by atoms with E-state index < -0.39 is 0 Å². The fourth-order valence-electron chi connectivity index (χ4n) is 4.07. The average molecular weight is 389 g/mol. The van der Waals surface area contributed by atoms with Crippen LogP contribution in [0.3, 0.4) is 0 Å². The van der Waals surface area contributed by atoms with Crippen LogP contribution in [0.2, 0.25) is 0 Å². The first kappa shape index (κ1) is 17.8. The summed E-state index contributed by atoms with van der Waals surface area (Å²) < 4.78 is 5.34. The predicted octanol–water partition coefficient (Wildman–Crippen LogP) is 3.41. The number of piperidine rings is 1. The van der Waals surface area contributed by atoms with E-state index in [0.717, 1.165) is 55.8 Å². The van der Waals surface area contributed by atoms with Crippen LogP contribution < -0.4 is 4.90 Å². The molecule has 29 heavy (non-hydrogen) atoms. The minimum atomic E-state index is 0.131. The zero-order chi connectivity index (χ0) is 19.6. The van der Waals surface area contributed by atoms with Crippen LogP contribution in [-0.4, -0.2) is 50.9 Å². The van der Waals surface area contributed by atoms with E-state index in [1.165, 1.54) is 6.39 Å². The summed E-state index contributed by atoms with van der Waals surface area (Å²) in [6, 6.07) is 10.1. The van der Waals surface area contributed by atoms with E-state index in [1.54, 1.807) is 18.6 Å². The molecule has 7 heteroatoms. The molecule has 3 heterocycles. The number of hydrogen-bond donors (Lipinski definition) is 0. The normalized spacial score (nSPS) is 17.3. The van der Waals surface area contributed by atoms with Crippen molar-refractivity contribution >= 4 is 11.9 Å². The number of benzene rings is 1. The minimum absolute atomic E-state index is 0.131. The third kappa shape index (κ3) is 3.72. The van der Waals surface area contributed by atoms with Crippen molar-refractivity contribution in [3.05, 3.63) is 60.9 Å². The van der Waals surface area contributed by atoms with E-state index in [-0.39, 0.29) is 11.9 Å². The number of carbonyl (C=O) groups is 1. The van der Waals surface area contributed by atoms with Crippen LogP contribution in [0, 0.1) is 0 Å². The van der Waals surface area contributed by atoms with Crippen LogP contribution in [0.15, 0.2) is 59.7 Å². The van der Waals surface area contributed by atoms with E-state index in [2.05, 4.69) is 24.8 Å². The Kier molecular flexibility index (Phi) is 4.71. The van der Waals surface area contributed by atoms with Gasteiger partial charge in [-0.2, -0.15) is 0 Å². The standard InChI is InChI=1S/C22H23N5O2/c28-21(17-4-2-16(3-5-17)20-14-23-15-29-20)27(18-6-7-18)19-8-12-26(13-9-19)22-24-10-1-11-25-22/h1-5,10-11,14-15,18-19H,6-9,12-13H2. The largest absolute Gasteiger partial charge is 0.444 e. The maximum absolute atomic E-state index is 13.3. The van der Waals surface area contributed by atoms with Gasteiger partial charge in [-0.05, 0) is 43.9 Å². The summed E-state index contributed by atoms with van der Waals surface area (Å²) in [4.78, 5) is 30.3. The minimum Gasteiger partial charge on any atom is -0.444 e. The molecule has 1 aliphatic heterocycles. The van der Waals surface area contributed by atoms with Gasteiger partial charge in [-0.15, -0.1) is 0 Å². The molecule has 1 saturated carbocycles. The van der Waals surface area contributed by atoms with Gasteiger partial charge in [0.05, 0.1) is 6.20 Å². The summed E-state index contributed by atoms with van der Waals surface area (Å²) in [5.41, 5.74) is 1.65. The van der Waals surface area contributed by atoms with Crippen molar-refractivity contribution in [2.75, 3.05) is 18.0 Å². The highest BCUT2D eigenvalue weighted by molar-refractivity contribution is 5.95. The van der Waals surface area contributed by atoms with Gasteiger partial charge in [0.2, 0.25) is 5.95 Å². The van der Waals surface area contributed by atoms with E-state index in [1.807, 2.05) is 30.3 Å². The summed E-state index contributed by atoms with van der Waals surface area (Å²) in [5.74, 6) is 1.61. The van der Waals surface area contributed by atoms with Crippen molar-refractivity contribution in [1.29, 1.82) is 0 Å². The molecule has 3 aromatic rings. The Bertz CT molecular complexity index is 947. The first-order valence-electron chi connectivity index (χ1n) is 10.1. The maximum atomic E-state index is 13.3. The van der Waals surface area contributed by atoms with Gasteiger partial charge in [0.1, 0.15) is 0 Å². The second-order valence-electron chi connectivity index (χ2n) is 7.65. The summed E-state index contributed by atoms with van der Waals surface area (Å²) in [7, 11) is 0. The van der Waals surface area contributed by atoms with E-state index in [9.17, 15) is 4.79 Å². The molecule has 0 unspecified atom stereocenters. The highest BCUT2D eigenvalue weighted by Gasteiger charge is 2.39. The highest BCUT2D eigenvalue weighted by atomic mass is 16.3. The number of nitrogens with zero attached hydrogens (tertiary/aromatic N) is 5. The SMILES string of the molecule is O=C(c1ccc(-c2cnco2)cc1)N(C1CC1)C1CCN(c2ncccn2)CC1. The average Bonchev–Trinajstić information content (AvgIpc) is 3.46. The van der Waals surface area contributed by atoms with Gasteiger partial charge >= 0.3 is 0 Å². The summed E-state index contributed by atoms with van der Waals surface area (Å²) in [6.45, 7) is 1.74. The van der Waals surface area contributed by atoms with Crippen molar-refractivity contribution in [3.8, 4) is 11.3 Å². The van der Waals surface area contributed by atoms with Crippen molar-refractivity contribution in [2.45, 2.75) is 37.8 Å². The Morgan fingerprint density at radius 3 is 2.31 bits per heavy atom. The van der Waals surface area contributed by atoms with Gasteiger partial charge in [0.15, 0.2) is 12.2 Å². The molecule has 2 aromatic heterocycles. The van der Waals surface area contributed by atoms with E-state index in [0.29, 0.717) is 11.8 Å². The summed E-state index contributed by atoms with van der Waals surface area (Å²) >= 11 is 0. The first-order valence-corrected chi connectivity index (χ1v) is 10.1. The molecule has 1 aromatic carbocycles. The Morgan fingerprint density at radius 1 is 1.00 bits per heavy atom. The Morgan fingerprint density at radius 2 is 1.69 bits per heavy atom. The lowest BCUT2D eigenvalue weighted by molar-refractivity contribution is 0.0630. The van der Waals surface area contributed by atoms with Crippen LogP contribution in [0.25, 0.3) is 11.3 Å². The predicted molar refractivity (Wildman–Crippen MR) is 108 cm³/mol. The topological polar surface area (TPSA) is 75.4 Å². The van der Waals surface area contributed by atoms with Crippen molar-refractivity contribution in [3.63, 3.8) is 0 Å². The van der Waals surface area contributed by atoms with Gasteiger partial charge in [0, 0.05) is 48.7 Å². The number of oxazole rings is 1. The lowest BCUT2D eigenvalue weighted by atomic mass is 10.0. The summed E-state index contributed by atoms with van der Waals surface area (Å²) in [5, 5.41) is 0. The van der Waals surface area contributed by atoms with Gasteiger partial charge in [-0.1, -0.05) is 12.1 Å². The lowest BCUT2D eigenvalue weighted by Gasteiger charge is -2.39. The molecule has 0 atom stereocenters. The number of carbonyl (C=O) groups excluding carboxylic acids is 1. The second kappa shape index (κ2) is 7.66. The third-order valence-electron chi connectivity index (χ3n) is 5.72. The molecule has 5 rings (SSSR count). The summed E-state index contributed by atoms with van der Waals surface area (Å²) in [6.07, 6.45) is 10.7. The molecule has 0 N–H and O–H groups in total. The molecular formula is C22H23N5O2. The van der Waals surface area contributed by atoms with Gasteiger partial charge in [-0.3, -0.25) is 4.79 Å². The van der Waals surface area contributed by atoms with Crippen LogP contribution in [0.1, 0.15) is 36.0 Å². The molecule has 1 amide bonds. The third-order valence-corrected chi connectivity index (χ3v) is 5.72. The second-order valence-corrected chi connectivity index (χ2v) is 7.65. The molecule has 148 valence electrons. The molecule has 0 radical (unpaired) electrons. The highest BCUT2D eigenvalue weighted by Crippen LogP contribution is 2.34. The number of hydrogen-bond acceptors (Lipinski definition) is 6. The van der Waals surface area contributed by atoms with Gasteiger partial charge < -0.3 is 14.2 Å². The van der Waals surface area contributed by atoms with E-state index in [4.69, 9.17) is 4.42 Å². The fraction of sp³-hybridized carbons (Fsp3) is 0.364. The van der Waals surface area contributed by atoms with Crippen molar-refractivity contribution < 1.29 is 9.21 Å². The van der Waals surface area contributed by atoms with Crippen LogP contribution >= 0.6 is 0 Å². The smallest absolute Gasteiger partial charge is 0.254 e. The van der Waals surface area contributed by atoms with Crippen LogP contribution in [0.5, 0.6) is 0 Å². The fourth-order valence-corrected chi connectivity index (χ4v) is 4.07. The zero-order valence-corrected chi connectivity index (χ0v) is 16.1. The molecule has 2 aliphatic rings. The van der Waals surface area contributed by atoms with Gasteiger partial charge in [0.25, 0.3) is 5.91 Å². The Labute approximate surface area is 169 Å². The molecule has 0 bridgehead atoms. The molecule has 2 fully saturated rings. The number of amides is 1. The van der Waals surface area contributed by atoms with Crippen LogP contribution in [0.4, 0.5) is 5.95 Å². The van der Waals surface area contributed by atoms with Crippen molar-refractivity contribution in [2.24, 2.45) is 0 Å². The molecule has 7 nitrogen and oxygen atoms in total. The lowest BCUT2D eigenvalue weighted by Crippen LogP contribution is -2.48. The van der Waals surface area contributed by atoms with Crippen LogP contribution in [-0.2, 0) is 0 Å². The molecule has 1 aliphatic carbocycles. The van der Waals surface area contributed by atoms with E-state index >= 15 is 0 Å². The Hall–Kier alpha value is -3.22. The van der Waals surface area contributed by atoms with Crippen molar-refractivity contribution in [1.82, 2.24) is 19.9 Å². The maximum Gasteiger partial charge on any atom is 0.254 e. The molecule has 1 saturated heterocycles. The Balaban J connectivity index is 1.29. The molecular weight excluding hydrogens is 366 g/mol. The number of aromatic nitrogens is 3. The number of anilines is 1. The first-order chi connectivity index (χ1) is 14.3. The number of rotatable bonds is 5. The van der Waals surface area contributed by atoms with Gasteiger partial charge in [-0.25, -0.2) is 15.0 Å². The quantitative estimate of drug-likeness (QED) is 0.666. The monoisotopic (exact) mass is 389 g/mol.